The third kappa shape index (κ3) is 4.47. The van der Waals surface area contributed by atoms with Gasteiger partial charge in [-0.3, -0.25) is 4.79 Å². The van der Waals surface area contributed by atoms with E-state index in [1.54, 1.807) is 31.4 Å². The third-order valence-electron chi connectivity index (χ3n) is 2.56. The molecule has 0 aliphatic carbocycles. The number of hydrogen-bond donors (Lipinski definition) is 1. The summed E-state index contributed by atoms with van der Waals surface area (Å²) in [6.45, 7) is 0. The van der Waals surface area contributed by atoms with Crippen LogP contribution < -0.4 is 10.1 Å². The second-order valence-electron chi connectivity index (χ2n) is 4.02. The first kappa shape index (κ1) is 14.8. The van der Waals surface area contributed by atoms with Crippen LogP contribution in [0, 0.1) is 0 Å². The van der Waals surface area contributed by atoms with Crippen molar-refractivity contribution in [2.75, 3.05) is 18.2 Å². The van der Waals surface area contributed by atoms with E-state index in [4.69, 9.17) is 16.3 Å². The first-order chi connectivity index (χ1) is 9.67. The standard InChI is InChI=1S/C15H14ClNO2S/c1-19-13-6-8-14(9-7-13)20-10-15(18)17-12-4-2-11(16)3-5-12/h2-9H,10H2,1H3,(H,17,18). The molecule has 0 unspecified atom stereocenters. The molecule has 0 fully saturated rings. The van der Waals surface area contributed by atoms with Crippen LogP contribution in [0.4, 0.5) is 5.69 Å². The highest BCUT2D eigenvalue weighted by atomic mass is 35.5. The van der Waals surface area contributed by atoms with Gasteiger partial charge < -0.3 is 10.1 Å². The summed E-state index contributed by atoms with van der Waals surface area (Å²) in [4.78, 5) is 12.8. The van der Waals surface area contributed by atoms with Crippen LogP contribution in [0.25, 0.3) is 0 Å². The fraction of sp³-hybridized carbons (Fsp3) is 0.133. The Morgan fingerprint density at radius 2 is 1.80 bits per heavy atom. The van der Waals surface area contributed by atoms with Crippen molar-refractivity contribution in [3.8, 4) is 5.75 Å². The predicted molar refractivity (Wildman–Crippen MR) is 83.8 cm³/mol. The summed E-state index contributed by atoms with van der Waals surface area (Å²) in [5, 5.41) is 3.47. The Morgan fingerprint density at radius 3 is 2.40 bits per heavy atom. The molecule has 0 saturated heterocycles. The molecule has 0 atom stereocenters. The monoisotopic (exact) mass is 307 g/mol. The van der Waals surface area contributed by atoms with Gasteiger partial charge in [0, 0.05) is 15.6 Å². The molecule has 0 aliphatic heterocycles. The topological polar surface area (TPSA) is 38.3 Å². The largest absolute Gasteiger partial charge is 0.497 e. The molecule has 0 spiro atoms. The summed E-state index contributed by atoms with van der Waals surface area (Å²) in [6.07, 6.45) is 0. The number of anilines is 1. The van der Waals surface area contributed by atoms with E-state index >= 15 is 0 Å². The Bertz CT molecular complexity index is 569. The molecule has 3 nitrogen and oxygen atoms in total. The Morgan fingerprint density at radius 1 is 1.15 bits per heavy atom. The highest BCUT2D eigenvalue weighted by Gasteiger charge is 2.04. The molecular formula is C15H14ClNO2S. The van der Waals surface area contributed by atoms with Gasteiger partial charge in [-0.05, 0) is 48.5 Å². The smallest absolute Gasteiger partial charge is 0.234 e. The van der Waals surface area contributed by atoms with Gasteiger partial charge in [-0.25, -0.2) is 0 Å². The van der Waals surface area contributed by atoms with Gasteiger partial charge in [0.25, 0.3) is 0 Å². The number of methoxy groups -OCH3 is 1. The molecule has 0 bridgehead atoms. The Kier molecular flexibility index (Phi) is 5.32. The lowest BCUT2D eigenvalue weighted by Gasteiger charge is -2.06. The number of amides is 1. The molecule has 5 heteroatoms. The van der Waals surface area contributed by atoms with Crippen molar-refractivity contribution in [3.63, 3.8) is 0 Å². The number of carbonyl (C=O) groups excluding carboxylic acids is 1. The molecule has 0 saturated carbocycles. The molecule has 0 aliphatic rings. The molecule has 2 aromatic carbocycles. The second kappa shape index (κ2) is 7.22. The van der Waals surface area contributed by atoms with Gasteiger partial charge in [-0.2, -0.15) is 0 Å². The van der Waals surface area contributed by atoms with Gasteiger partial charge in [-0.1, -0.05) is 11.6 Å². The van der Waals surface area contributed by atoms with Crippen LogP contribution in [0.3, 0.4) is 0 Å². The number of benzene rings is 2. The Balaban J connectivity index is 1.83. The van der Waals surface area contributed by atoms with Crippen molar-refractivity contribution in [1.82, 2.24) is 0 Å². The van der Waals surface area contributed by atoms with Gasteiger partial charge in [0.2, 0.25) is 5.91 Å². The zero-order valence-corrected chi connectivity index (χ0v) is 12.5. The fourth-order valence-electron chi connectivity index (χ4n) is 1.55. The average molecular weight is 308 g/mol. The molecule has 1 N–H and O–H groups in total. The van der Waals surface area contributed by atoms with E-state index in [2.05, 4.69) is 5.32 Å². The molecule has 104 valence electrons. The van der Waals surface area contributed by atoms with Crippen LogP contribution in [0.1, 0.15) is 0 Å². The van der Waals surface area contributed by atoms with Gasteiger partial charge >= 0.3 is 0 Å². The Hall–Kier alpha value is -1.65. The summed E-state index contributed by atoms with van der Waals surface area (Å²) < 4.78 is 5.08. The summed E-state index contributed by atoms with van der Waals surface area (Å²) in [5.41, 5.74) is 0.745. The van der Waals surface area contributed by atoms with Crippen LogP contribution in [-0.4, -0.2) is 18.8 Å². The van der Waals surface area contributed by atoms with E-state index in [0.717, 1.165) is 16.3 Å². The number of thioether (sulfide) groups is 1. The molecule has 2 aromatic rings. The SMILES string of the molecule is COc1ccc(SCC(=O)Nc2ccc(Cl)cc2)cc1. The van der Waals surface area contributed by atoms with Gasteiger partial charge in [-0.15, -0.1) is 11.8 Å². The maximum Gasteiger partial charge on any atom is 0.234 e. The minimum absolute atomic E-state index is 0.0480. The summed E-state index contributed by atoms with van der Waals surface area (Å²) in [7, 11) is 1.63. The molecule has 2 rings (SSSR count). The van der Waals surface area contributed by atoms with E-state index in [-0.39, 0.29) is 5.91 Å². The van der Waals surface area contributed by atoms with Crippen LogP contribution in [0.2, 0.25) is 5.02 Å². The minimum Gasteiger partial charge on any atom is -0.497 e. The normalized spacial score (nSPS) is 10.1. The van der Waals surface area contributed by atoms with Crippen LogP contribution in [0.15, 0.2) is 53.4 Å². The van der Waals surface area contributed by atoms with Crippen molar-refractivity contribution in [2.45, 2.75) is 4.90 Å². The van der Waals surface area contributed by atoms with Gasteiger partial charge in [0.15, 0.2) is 0 Å². The quantitative estimate of drug-likeness (QED) is 0.846. The Labute approximate surface area is 127 Å². The van der Waals surface area contributed by atoms with Crippen LogP contribution >= 0.6 is 23.4 Å². The van der Waals surface area contributed by atoms with Crippen molar-refractivity contribution in [3.05, 3.63) is 53.6 Å². The first-order valence-electron chi connectivity index (χ1n) is 5.99. The molecule has 0 radical (unpaired) electrons. The maximum atomic E-state index is 11.8. The van der Waals surface area contributed by atoms with Crippen molar-refractivity contribution < 1.29 is 9.53 Å². The molecule has 20 heavy (non-hydrogen) atoms. The number of hydrogen-bond acceptors (Lipinski definition) is 3. The minimum atomic E-state index is -0.0480. The summed E-state index contributed by atoms with van der Waals surface area (Å²) in [5.74, 6) is 1.11. The van der Waals surface area contributed by atoms with E-state index < -0.39 is 0 Å². The highest BCUT2D eigenvalue weighted by Crippen LogP contribution is 2.21. The lowest BCUT2D eigenvalue weighted by molar-refractivity contribution is -0.113. The van der Waals surface area contributed by atoms with E-state index in [0.29, 0.717) is 10.8 Å². The lowest BCUT2D eigenvalue weighted by atomic mass is 10.3. The number of rotatable bonds is 5. The van der Waals surface area contributed by atoms with E-state index in [1.807, 2.05) is 24.3 Å². The highest BCUT2D eigenvalue weighted by molar-refractivity contribution is 8.00. The van der Waals surface area contributed by atoms with Gasteiger partial charge in [0.05, 0.1) is 12.9 Å². The fourth-order valence-corrected chi connectivity index (χ4v) is 2.38. The number of nitrogens with one attached hydrogen (secondary N) is 1. The zero-order chi connectivity index (χ0) is 14.4. The maximum absolute atomic E-state index is 11.8. The lowest BCUT2D eigenvalue weighted by Crippen LogP contribution is -2.13. The number of ether oxygens (including phenoxy) is 1. The predicted octanol–water partition coefficient (Wildman–Crippen LogP) is 4.08. The summed E-state index contributed by atoms with van der Waals surface area (Å²) >= 11 is 7.26. The van der Waals surface area contributed by atoms with Crippen LogP contribution in [0.5, 0.6) is 5.75 Å². The first-order valence-corrected chi connectivity index (χ1v) is 7.36. The zero-order valence-electron chi connectivity index (χ0n) is 10.9. The molecular weight excluding hydrogens is 294 g/mol. The molecule has 0 heterocycles. The van der Waals surface area contributed by atoms with Crippen molar-refractivity contribution in [2.24, 2.45) is 0 Å². The number of halogens is 1. The second-order valence-corrected chi connectivity index (χ2v) is 5.50. The van der Waals surface area contributed by atoms with Gasteiger partial charge in [0.1, 0.15) is 5.75 Å². The summed E-state index contributed by atoms with van der Waals surface area (Å²) in [6, 6.07) is 14.6. The molecule has 1 amide bonds. The number of carbonyl (C=O) groups is 1. The van der Waals surface area contributed by atoms with Crippen molar-refractivity contribution in [1.29, 1.82) is 0 Å². The third-order valence-corrected chi connectivity index (χ3v) is 3.82. The van der Waals surface area contributed by atoms with E-state index in [9.17, 15) is 4.79 Å². The van der Waals surface area contributed by atoms with E-state index in [1.165, 1.54) is 11.8 Å². The average Bonchev–Trinajstić information content (AvgIpc) is 2.48. The van der Waals surface area contributed by atoms with Crippen LogP contribution in [-0.2, 0) is 4.79 Å². The molecule has 0 aromatic heterocycles. The van der Waals surface area contributed by atoms with Crippen molar-refractivity contribution >= 4 is 35.0 Å².